The van der Waals surface area contributed by atoms with Crippen LogP contribution in [-0.4, -0.2) is 23.3 Å². The molecule has 0 N–H and O–H groups in total. The lowest BCUT2D eigenvalue weighted by Crippen LogP contribution is -2.24. The molecule has 0 radical (unpaired) electrons. The first-order valence-electron chi connectivity index (χ1n) is 5.86. The van der Waals surface area contributed by atoms with Crippen molar-refractivity contribution in [2.45, 2.75) is 13.3 Å². The number of carbonyl (C=O) groups is 2. The lowest BCUT2D eigenvalue weighted by molar-refractivity contribution is -0.117. The monoisotopic (exact) mass is 393 g/mol. The lowest BCUT2D eigenvalue weighted by atomic mass is 10.1. The van der Waals surface area contributed by atoms with E-state index >= 15 is 0 Å². The van der Waals surface area contributed by atoms with Crippen LogP contribution in [0.3, 0.4) is 0 Å². The van der Waals surface area contributed by atoms with Gasteiger partial charge in [-0.25, -0.2) is 4.39 Å². The highest BCUT2D eigenvalue weighted by Crippen LogP contribution is 2.28. The van der Waals surface area contributed by atoms with Crippen molar-refractivity contribution in [2.75, 3.05) is 17.2 Å². The summed E-state index contributed by atoms with van der Waals surface area (Å²) < 4.78 is 14.1. The number of halogens is 2. The number of amides is 1. The molecule has 102 valence electrons. The van der Waals surface area contributed by atoms with Crippen LogP contribution >= 0.6 is 34.4 Å². The van der Waals surface area contributed by atoms with Gasteiger partial charge in [-0.05, 0) is 46.7 Å². The predicted molar refractivity (Wildman–Crippen MR) is 82.7 cm³/mol. The summed E-state index contributed by atoms with van der Waals surface area (Å²) in [6, 6.07) is 4.81. The van der Waals surface area contributed by atoms with Gasteiger partial charge < -0.3 is 4.90 Å². The molecule has 19 heavy (non-hydrogen) atoms. The Morgan fingerprint density at radius 3 is 2.95 bits per heavy atom. The van der Waals surface area contributed by atoms with Crippen LogP contribution in [0.15, 0.2) is 18.2 Å². The number of benzene rings is 1. The van der Waals surface area contributed by atoms with E-state index in [-0.39, 0.29) is 22.8 Å². The Kier molecular flexibility index (Phi) is 4.83. The van der Waals surface area contributed by atoms with Gasteiger partial charge in [-0.1, -0.05) is 11.8 Å². The first-order chi connectivity index (χ1) is 8.97. The van der Waals surface area contributed by atoms with Crippen molar-refractivity contribution in [1.29, 1.82) is 0 Å². The van der Waals surface area contributed by atoms with E-state index in [9.17, 15) is 14.0 Å². The second-order valence-corrected chi connectivity index (χ2v) is 6.83. The Hall–Kier alpha value is -0.630. The summed E-state index contributed by atoms with van der Waals surface area (Å²) in [4.78, 5) is 24.5. The second-order valence-electron chi connectivity index (χ2n) is 4.48. The van der Waals surface area contributed by atoms with Gasteiger partial charge in [0.15, 0.2) is 5.12 Å². The number of hydrogen-bond acceptors (Lipinski definition) is 3. The fourth-order valence-corrected chi connectivity index (χ4v) is 3.06. The van der Waals surface area contributed by atoms with Gasteiger partial charge >= 0.3 is 0 Å². The quantitative estimate of drug-likeness (QED) is 0.741. The number of nitrogens with zero attached hydrogens (tertiary/aromatic N) is 1. The van der Waals surface area contributed by atoms with Crippen LogP contribution in [0.2, 0.25) is 0 Å². The number of thioether (sulfide) groups is 1. The van der Waals surface area contributed by atoms with Crippen molar-refractivity contribution in [3.05, 3.63) is 27.6 Å². The summed E-state index contributed by atoms with van der Waals surface area (Å²) in [7, 11) is 0. The Labute approximate surface area is 129 Å². The van der Waals surface area contributed by atoms with Gasteiger partial charge in [0.2, 0.25) is 5.91 Å². The van der Waals surface area contributed by atoms with Gasteiger partial charge in [0.25, 0.3) is 0 Å². The van der Waals surface area contributed by atoms with Gasteiger partial charge in [-0.15, -0.1) is 0 Å². The zero-order valence-electron chi connectivity index (χ0n) is 10.4. The lowest BCUT2D eigenvalue weighted by Gasteiger charge is -2.17. The third-order valence-electron chi connectivity index (χ3n) is 2.94. The van der Waals surface area contributed by atoms with Crippen LogP contribution in [0.1, 0.15) is 13.3 Å². The molecule has 0 saturated carbocycles. The van der Waals surface area contributed by atoms with Crippen molar-refractivity contribution in [3.63, 3.8) is 0 Å². The molecule has 0 spiro atoms. The Morgan fingerprint density at radius 1 is 1.58 bits per heavy atom. The van der Waals surface area contributed by atoms with Crippen LogP contribution in [0.4, 0.5) is 10.1 Å². The van der Waals surface area contributed by atoms with Gasteiger partial charge in [0, 0.05) is 34.9 Å². The molecule has 2 rings (SSSR count). The van der Waals surface area contributed by atoms with Crippen LogP contribution in [0.5, 0.6) is 0 Å². The van der Waals surface area contributed by atoms with Crippen molar-refractivity contribution in [2.24, 2.45) is 5.92 Å². The average Bonchev–Trinajstić information content (AvgIpc) is 2.72. The maximum Gasteiger partial charge on any atom is 0.227 e. The SMILES string of the molecule is CC(=O)SCC1CC(=O)N(c2ccc(I)c(F)c2)C1. The highest BCUT2D eigenvalue weighted by atomic mass is 127. The van der Waals surface area contributed by atoms with Crippen molar-refractivity contribution >= 4 is 51.1 Å². The summed E-state index contributed by atoms with van der Waals surface area (Å²) in [5, 5.41) is 0.0613. The van der Waals surface area contributed by atoms with E-state index in [1.54, 1.807) is 17.0 Å². The number of anilines is 1. The second kappa shape index (κ2) is 6.21. The zero-order valence-corrected chi connectivity index (χ0v) is 13.3. The number of hydrogen-bond donors (Lipinski definition) is 0. The van der Waals surface area contributed by atoms with Crippen LogP contribution in [0.25, 0.3) is 0 Å². The van der Waals surface area contributed by atoms with Crippen LogP contribution in [0, 0.1) is 15.3 Å². The summed E-state index contributed by atoms with van der Waals surface area (Å²) in [6.45, 7) is 2.08. The van der Waals surface area contributed by atoms with E-state index in [2.05, 4.69) is 0 Å². The Morgan fingerprint density at radius 2 is 2.32 bits per heavy atom. The maximum atomic E-state index is 13.5. The van der Waals surface area contributed by atoms with Gasteiger partial charge in [-0.3, -0.25) is 9.59 Å². The first kappa shape index (κ1) is 14.8. The molecule has 1 saturated heterocycles. The molecule has 1 aliphatic heterocycles. The molecule has 1 fully saturated rings. The fraction of sp³-hybridized carbons (Fsp3) is 0.385. The highest BCUT2D eigenvalue weighted by molar-refractivity contribution is 14.1. The Bertz CT molecular complexity index is 523. The highest BCUT2D eigenvalue weighted by Gasteiger charge is 2.31. The third kappa shape index (κ3) is 3.68. The molecule has 6 heteroatoms. The fourth-order valence-electron chi connectivity index (χ4n) is 2.03. The summed E-state index contributed by atoms with van der Waals surface area (Å²) >= 11 is 3.16. The molecule has 3 nitrogen and oxygen atoms in total. The summed E-state index contributed by atoms with van der Waals surface area (Å²) in [6.07, 6.45) is 0.424. The Balaban J connectivity index is 2.07. The molecule has 0 bridgehead atoms. The smallest absolute Gasteiger partial charge is 0.227 e. The number of carbonyl (C=O) groups excluding carboxylic acids is 2. The minimum atomic E-state index is -0.313. The summed E-state index contributed by atoms with van der Waals surface area (Å²) in [5.74, 6) is 0.482. The van der Waals surface area contributed by atoms with Crippen LogP contribution < -0.4 is 4.90 Å². The maximum absolute atomic E-state index is 13.5. The topological polar surface area (TPSA) is 37.4 Å². The van der Waals surface area contributed by atoms with Gasteiger partial charge in [-0.2, -0.15) is 0 Å². The largest absolute Gasteiger partial charge is 0.312 e. The van der Waals surface area contributed by atoms with Crippen molar-refractivity contribution < 1.29 is 14.0 Å². The average molecular weight is 393 g/mol. The van der Waals surface area contributed by atoms with Gasteiger partial charge in [0.05, 0.1) is 0 Å². The van der Waals surface area contributed by atoms with E-state index in [1.165, 1.54) is 24.8 Å². The molecule has 1 atom stereocenters. The first-order valence-corrected chi connectivity index (χ1v) is 7.92. The number of rotatable bonds is 3. The van der Waals surface area contributed by atoms with E-state index in [4.69, 9.17) is 0 Å². The molecule has 1 amide bonds. The molecule has 1 unspecified atom stereocenters. The molecular formula is C13H13FINO2S. The zero-order chi connectivity index (χ0) is 14.0. The van der Waals surface area contributed by atoms with E-state index in [1.807, 2.05) is 22.6 Å². The molecule has 1 aromatic rings. The molecule has 1 heterocycles. The normalized spacial score (nSPS) is 19.0. The standard InChI is InChI=1S/C13H13FINO2S/c1-8(17)19-7-9-4-13(18)16(6-9)10-2-3-12(15)11(14)5-10/h2-3,5,9H,4,6-7H2,1H3. The van der Waals surface area contributed by atoms with Crippen molar-refractivity contribution in [3.8, 4) is 0 Å². The van der Waals surface area contributed by atoms with Crippen molar-refractivity contribution in [1.82, 2.24) is 0 Å². The molecule has 0 aromatic heterocycles. The van der Waals surface area contributed by atoms with E-state index in [0.717, 1.165) is 0 Å². The molecule has 1 aromatic carbocycles. The molecule has 0 aliphatic carbocycles. The summed E-state index contributed by atoms with van der Waals surface area (Å²) in [5.41, 5.74) is 0.596. The molecule has 1 aliphatic rings. The predicted octanol–water partition coefficient (Wildman–Crippen LogP) is 3.06. The van der Waals surface area contributed by atoms with Gasteiger partial charge in [0.1, 0.15) is 5.82 Å². The van der Waals surface area contributed by atoms with E-state index in [0.29, 0.717) is 28.0 Å². The van der Waals surface area contributed by atoms with Crippen LogP contribution in [-0.2, 0) is 9.59 Å². The minimum absolute atomic E-state index is 0.00485. The van der Waals surface area contributed by atoms with E-state index < -0.39 is 0 Å². The molecular weight excluding hydrogens is 380 g/mol. The minimum Gasteiger partial charge on any atom is -0.312 e. The third-order valence-corrected chi connectivity index (χ3v) is 4.86.